The van der Waals surface area contributed by atoms with Crippen LogP contribution in [0.3, 0.4) is 0 Å². The maximum Gasteiger partial charge on any atom is 0.356 e. The van der Waals surface area contributed by atoms with Gasteiger partial charge in [0, 0.05) is 29.0 Å². The highest BCUT2D eigenvalue weighted by molar-refractivity contribution is 6.31. The number of aliphatic carboxylic acids is 1. The number of halogens is 1. The Morgan fingerprint density at radius 3 is 2.71 bits per heavy atom. The maximum atomic E-state index is 12.1. The Morgan fingerprint density at radius 1 is 1.32 bits per heavy atom. The van der Waals surface area contributed by atoms with Crippen molar-refractivity contribution in [3.8, 4) is 11.5 Å². The number of H-pyrrole nitrogens is 1. The van der Waals surface area contributed by atoms with E-state index in [1.807, 2.05) is 0 Å². The van der Waals surface area contributed by atoms with Crippen LogP contribution in [0.4, 0.5) is 5.82 Å². The number of hydrogen-bond donors (Lipinski definition) is 3. The molecule has 1 aliphatic rings. The van der Waals surface area contributed by atoms with E-state index in [1.165, 1.54) is 20.3 Å². The molecule has 0 radical (unpaired) electrons. The first-order valence-corrected chi connectivity index (χ1v) is 8.42. The summed E-state index contributed by atoms with van der Waals surface area (Å²) in [6, 6.07) is 2.95. The molecule has 0 spiro atoms. The van der Waals surface area contributed by atoms with E-state index in [4.69, 9.17) is 30.9 Å². The summed E-state index contributed by atoms with van der Waals surface area (Å²) in [6.45, 7) is -0.573. The van der Waals surface area contributed by atoms with Crippen LogP contribution < -0.4 is 14.8 Å². The second kappa shape index (κ2) is 7.77. The molecule has 10 nitrogen and oxygen atoms in total. The topological polar surface area (TPSA) is 140 Å². The van der Waals surface area contributed by atoms with Crippen molar-refractivity contribution in [3.05, 3.63) is 34.0 Å². The third kappa shape index (κ3) is 3.58. The van der Waals surface area contributed by atoms with Crippen molar-refractivity contribution in [1.29, 1.82) is 0 Å². The van der Waals surface area contributed by atoms with Gasteiger partial charge in [0.25, 0.3) is 0 Å². The van der Waals surface area contributed by atoms with Crippen LogP contribution in [-0.4, -0.2) is 54.0 Å². The third-order valence-electron chi connectivity index (χ3n) is 4.20. The normalized spacial score (nSPS) is 15.4. The van der Waals surface area contributed by atoms with Crippen LogP contribution in [0.2, 0.25) is 5.02 Å². The first-order chi connectivity index (χ1) is 13.3. The van der Waals surface area contributed by atoms with Gasteiger partial charge in [0.2, 0.25) is 5.91 Å². The number of benzene rings is 1. The van der Waals surface area contributed by atoms with Gasteiger partial charge in [0.15, 0.2) is 23.9 Å². The lowest BCUT2D eigenvalue weighted by Gasteiger charge is -2.24. The molecule has 148 valence electrons. The van der Waals surface area contributed by atoms with E-state index in [9.17, 15) is 14.4 Å². The number of carboxylic acids is 1. The SMILES string of the molecule is COC(=O)c1[nH]nc2c1C(c1cc(OC)c(OCC(=O)O)cc1Cl)CC(=O)N2. The number of rotatable bonds is 6. The third-order valence-corrected chi connectivity index (χ3v) is 4.53. The van der Waals surface area contributed by atoms with Gasteiger partial charge in [-0.3, -0.25) is 9.89 Å². The summed E-state index contributed by atoms with van der Waals surface area (Å²) in [5.41, 5.74) is 1.03. The number of hydrogen-bond acceptors (Lipinski definition) is 7. The molecular weight excluding hydrogens is 394 g/mol. The van der Waals surface area contributed by atoms with E-state index < -0.39 is 24.5 Å². The molecule has 0 bridgehead atoms. The van der Waals surface area contributed by atoms with Crippen molar-refractivity contribution in [1.82, 2.24) is 10.2 Å². The number of carboxylic acid groups (broad SMARTS) is 1. The molecule has 1 aromatic carbocycles. The summed E-state index contributed by atoms with van der Waals surface area (Å²) in [5.74, 6) is -2.12. The largest absolute Gasteiger partial charge is 0.493 e. The summed E-state index contributed by atoms with van der Waals surface area (Å²) < 4.78 is 15.2. The van der Waals surface area contributed by atoms with Crippen LogP contribution in [0.15, 0.2) is 12.1 Å². The van der Waals surface area contributed by atoms with Crippen LogP contribution in [0.25, 0.3) is 0 Å². The van der Waals surface area contributed by atoms with Gasteiger partial charge in [0.05, 0.1) is 14.2 Å². The van der Waals surface area contributed by atoms with Crippen LogP contribution in [0.5, 0.6) is 11.5 Å². The molecule has 0 saturated carbocycles. The van der Waals surface area contributed by atoms with E-state index in [0.717, 1.165) is 0 Å². The number of nitrogens with zero attached hydrogens (tertiary/aromatic N) is 1. The fraction of sp³-hybridized carbons (Fsp3) is 0.294. The van der Waals surface area contributed by atoms with Gasteiger partial charge >= 0.3 is 11.9 Å². The molecule has 3 rings (SSSR count). The number of carbonyl (C=O) groups is 3. The number of anilines is 1. The molecule has 0 fully saturated rings. The number of nitrogens with one attached hydrogen (secondary N) is 2. The molecule has 1 aliphatic heterocycles. The minimum atomic E-state index is -1.16. The lowest BCUT2D eigenvalue weighted by atomic mass is 9.85. The predicted octanol–water partition coefficient (Wildman–Crippen LogP) is 1.80. The fourth-order valence-corrected chi connectivity index (χ4v) is 3.29. The molecule has 1 atom stereocenters. The number of carbonyl (C=O) groups excluding carboxylic acids is 2. The lowest BCUT2D eigenvalue weighted by Crippen LogP contribution is -2.24. The van der Waals surface area contributed by atoms with Gasteiger partial charge in [-0.25, -0.2) is 9.59 Å². The Morgan fingerprint density at radius 2 is 2.07 bits per heavy atom. The van der Waals surface area contributed by atoms with E-state index in [0.29, 0.717) is 11.1 Å². The molecule has 2 aromatic rings. The number of methoxy groups -OCH3 is 2. The maximum absolute atomic E-state index is 12.1. The zero-order valence-electron chi connectivity index (χ0n) is 14.9. The average Bonchev–Trinajstić information content (AvgIpc) is 3.08. The average molecular weight is 410 g/mol. The fourth-order valence-electron chi connectivity index (χ4n) is 3.01. The quantitative estimate of drug-likeness (QED) is 0.613. The Kier molecular flexibility index (Phi) is 5.41. The van der Waals surface area contributed by atoms with E-state index in [-0.39, 0.29) is 40.4 Å². The summed E-state index contributed by atoms with van der Waals surface area (Å²) in [6.07, 6.45) is 0.00866. The predicted molar refractivity (Wildman–Crippen MR) is 96.2 cm³/mol. The number of ether oxygens (including phenoxy) is 3. The standard InChI is InChI=1S/C17H16ClN3O7/c1-26-10-3-7(9(18)5-11(10)28-6-13(23)24)8-4-12(22)19-16-14(8)15(20-21-16)17(25)27-2/h3,5,8H,4,6H2,1-2H3,(H,23,24)(H2,19,20,21,22). The summed E-state index contributed by atoms with van der Waals surface area (Å²) >= 11 is 6.39. The van der Waals surface area contributed by atoms with Gasteiger partial charge < -0.3 is 24.6 Å². The minimum absolute atomic E-state index is 0.00866. The molecule has 2 heterocycles. The number of amides is 1. The van der Waals surface area contributed by atoms with Gasteiger partial charge in [0.1, 0.15) is 5.69 Å². The second-order valence-electron chi connectivity index (χ2n) is 5.86. The van der Waals surface area contributed by atoms with E-state index in [2.05, 4.69) is 15.5 Å². The highest BCUT2D eigenvalue weighted by Crippen LogP contribution is 2.44. The highest BCUT2D eigenvalue weighted by Gasteiger charge is 2.35. The molecule has 0 saturated heterocycles. The minimum Gasteiger partial charge on any atom is -0.493 e. The summed E-state index contributed by atoms with van der Waals surface area (Å²) in [4.78, 5) is 34.9. The van der Waals surface area contributed by atoms with Crippen LogP contribution in [-0.2, 0) is 14.3 Å². The smallest absolute Gasteiger partial charge is 0.356 e. The molecule has 28 heavy (non-hydrogen) atoms. The van der Waals surface area contributed by atoms with Crippen molar-refractivity contribution < 1.29 is 33.7 Å². The van der Waals surface area contributed by atoms with Crippen molar-refractivity contribution in [3.63, 3.8) is 0 Å². The Balaban J connectivity index is 2.09. The molecule has 0 aliphatic carbocycles. The molecule has 1 unspecified atom stereocenters. The number of esters is 1. The first-order valence-electron chi connectivity index (χ1n) is 8.04. The second-order valence-corrected chi connectivity index (χ2v) is 6.27. The van der Waals surface area contributed by atoms with Crippen molar-refractivity contribution in [2.45, 2.75) is 12.3 Å². The van der Waals surface area contributed by atoms with Crippen molar-refractivity contribution >= 4 is 35.3 Å². The van der Waals surface area contributed by atoms with Crippen LogP contribution >= 0.6 is 11.6 Å². The van der Waals surface area contributed by atoms with E-state index in [1.54, 1.807) is 6.07 Å². The Hall–Kier alpha value is -3.27. The van der Waals surface area contributed by atoms with Gasteiger partial charge in [-0.15, -0.1) is 0 Å². The first kappa shape index (κ1) is 19.5. The molecule has 1 amide bonds. The zero-order chi connectivity index (χ0) is 20.4. The highest BCUT2D eigenvalue weighted by atomic mass is 35.5. The molecular formula is C17H16ClN3O7. The van der Waals surface area contributed by atoms with Crippen LogP contribution in [0, 0.1) is 0 Å². The number of aromatic nitrogens is 2. The molecule has 3 N–H and O–H groups in total. The van der Waals surface area contributed by atoms with Gasteiger partial charge in [-0.2, -0.15) is 5.10 Å². The molecule has 1 aromatic heterocycles. The Bertz CT molecular complexity index is 956. The monoisotopic (exact) mass is 409 g/mol. The number of fused-ring (bicyclic) bond motifs is 1. The number of aromatic amines is 1. The lowest BCUT2D eigenvalue weighted by molar-refractivity contribution is -0.139. The summed E-state index contributed by atoms with van der Waals surface area (Å²) in [5, 5.41) is 18.1. The zero-order valence-corrected chi connectivity index (χ0v) is 15.6. The van der Waals surface area contributed by atoms with E-state index >= 15 is 0 Å². The van der Waals surface area contributed by atoms with Crippen molar-refractivity contribution in [2.24, 2.45) is 0 Å². The van der Waals surface area contributed by atoms with Gasteiger partial charge in [-0.05, 0) is 11.6 Å². The Labute approximate surface area is 163 Å². The van der Waals surface area contributed by atoms with Gasteiger partial charge in [-0.1, -0.05) is 11.6 Å². The molecule has 11 heteroatoms. The summed E-state index contributed by atoms with van der Waals surface area (Å²) in [7, 11) is 2.62. The van der Waals surface area contributed by atoms with Crippen LogP contribution in [0.1, 0.15) is 34.0 Å². The van der Waals surface area contributed by atoms with Crippen molar-refractivity contribution in [2.75, 3.05) is 26.1 Å².